The Morgan fingerprint density at radius 1 is 1.26 bits per heavy atom. The molecule has 3 aromatic rings. The lowest BCUT2D eigenvalue weighted by molar-refractivity contribution is -0.0493. The van der Waals surface area contributed by atoms with Crippen LogP contribution in [0.5, 0.6) is 5.75 Å². The van der Waals surface area contributed by atoms with E-state index in [0.29, 0.717) is 10.7 Å². The van der Waals surface area contributed by atoms with Crippen molar-refractivity contribution in [2.45, 2.75) is 6.61 Å². The van der Waals surface area contributed by atoms with Crippen molar-refractivity contribution in [3.63, 3.8) is 0 Å². The summed E-state index contributed by atoms with van der Waals surface area (Å²) in [4.78, 5) is 4.49. The maximum Gasteiger partial charge on any atom is 0.387 e. The first-order valence-corrected chi connectivity index (χ1v) is 9.36. The molecule has 0 saturated carbocycles. The summed E-state index contributed by atoms with van der Waals surface area (Å²) in [5.41, 5.74) is 2.29. The van der Waals surface area contributed by atoms with Crippen LogP contribution in [0.15, 0.2) is 64.6 Å². The minimum atomic E-state index is -2.93. The van der Waals surface area contributed by atoms with Crippen LogP contribution in [0.4, 0.5) is 14.5 Å². The molecule has 2 aromatic carbocycles. The Labute approximate surface area is 166 Å². The van der Waals surface area contributed by atoms with Gasteiger partial charge in [-0.15, -0.1) is 11.3 Å². The molecule has 0 fully saturated rings. The van der Waals surface area contributed by atoms with Gasteiger partial charge in [-0.25, -0.2) is 4.98 Å². The van der Waals surface area contributed by atoms with Crippen LogP contribution in [0.25, 0.3) is 16.8 Å². The number of hydrogen-bond donors (Lipinski definition) is 1. The molecule has 0 radical (unpaired) electrons. The number of para-hydroxylation sites is 2. The standard InChI is InChI=1S/C19H12BrF2N3OS/c20-14-5-3-4-12(8-14)16-11-27-18(25-16)13(9-23)10-24-15-6-1-2-7-17(15)26-19(21)22/h1-8,10-11,19,24H/b13-10+. The van der Waals surface area contributed by atoms with Gasteiger partial charge >= 0.3 is 6.61 Å². The summed E-state index contributed by atoms with van der Waals surface area (Å²) in [5.74, 6) is -0.00463. The molecule has 0 aliphatic rings. The first-order valence-electron chi connectivity index (χ1n) is 7.69. The number of allylic oxidation sites excluding steroid dienone is 1. The number of hydrogen-bond acceptors (Lipinski definition) is 5. The lowest BCUT2D eigenvalue weighted by Crippen LogP contribution is -2.04. The molecule has 1 heterocycles. The van der Waals surface area contributed by atoms with Gasteiger partial charge < -0.3 is 10.1 Å². The molecule has 136 valence electrons. The van der Waals surface area contributed by atoms with E-state index in [-0.39, 0.29) is 11.3 Å². The van der Waals surface area contributed by atoms with E-state index < -0.39 is 6.61 Å². The molecule has 0 unspecified atom stereocenters. The fourth-order valence-electron chi connectivity index (χ4n) is 2.25. The SMILES string of the molecule is N#C/C(=C\Nc1ccccc1OC(F)F)c1nc(-c2cccc(Br)c2)cs1. The molecule has 0 bridgehead atoms. The quantitative estimate of drug-likeness (QED) is 0.460. The topological polar surface area (TPSA) is 57.9 Å². The van der Waals surface area contributed by atoms with Gasteiger partial charge in [0, 0.05) is 21.6 Å². The molecule has 0 atom stereocenters. The van der Waals surface area contributed by atoms with Gasteiger partial charge in [-0.1, -0.05) is 40.2 Å². The fourth-order valence-corrected chi connectivity index (χ4v) is 3.45. The second-order valence-electron chi connectivity index (χ2n) is 5.24. The van der Waals surface area contributed by atoms with Crippen LogP contribution in [-0.2, 0) is 0 Å². The molecule has 1 N–H and O–H groups in total. The summed E-state index contributed by atoms with van der Waals surface area (Å²) in [6.07, 6.45) is 1.43. The number of aromatic nitrogens is 1. The van der Waals surface area contributed by atoms with Gasteiger partial charge in [-0.2, -0.15) is 14.0 Å². The van der Waals surface area contributed by atoms with Gasteiger partial charge in [0.25, 0.3) is 0 Å². The largest absolute Gasteiger partial charge is 0.433 e. The zero-order chi connectivity index (χ0) is 19.2. The molecular weight excluding hydrogens is 436 g/mol. The van der Waals surface area contributed by atoms with E-state index in [2.05, 4.69) is 37.0 Å². The minimum Gasteiger partial charge on any atom is -0.433 e. The number of alkyl halides is 2. The predicted molar refractivity (Wildman–Crippen MR) is 106 cm³/mol. The lowest BCUT2D eigenvalue weighted by atomic mass is 10.2. The van der Waals surface area contributed by atoms with Crippen molar-refractivity contribution < 1.29 is 13.5 Å². The van der Waals surface area contributed by atoms with E-state index >= 15 is 0 Å². The second kappa shape index (κ2) is 8.75. The predicted octanol–water partition coefficient (Wildman–Crippen LogP) is 6.15. The van der Waals surface area contributed by atoms with Crippen molar-refractivity contribution in [1.29, 1.82) is 5.26 Å². The third-order valence-corrected chi connectivity index (χ3v) is 4.82. The molecule has 0 spiro atoms. The van der Waals surface area contributed by atoms with Crippen molar-refractivity contribution in [3.05, 3.63) is 69.6 Å². The summed E-state index contributed by atoms with van der Waals surface area (Å²) >= 11 is 4.74. The number of nitrogens with zero attached hydrogens (tertiary/aromatic N) is 2. The Bertz CT molecular complexity index is 1010. The van der Waals surface area contributed by atoms with Crippen molar-refractivity contribution in [1.82, 2.24) is 4.98 Å². The van der Waals surface area contributed by atoms with Crippen LogP contribution in [0.1, 0.15) is 5.01 Å². The Kier molecular flexibility index (Phi) is 6.16. The Morgan fingerprint density at radius 2 is 2.07 bits per heavy atom. The van der Waals surface area contributed by atoms with Gasteiger partial charge in [0.05, 0.1) is 11.4 Å². The molecule has 1 aromatic heterocycles. The number of halogens is 3. The van der Waals surface area contributed by atoms with Crippen LogP contribution in [-0.4, -0.2) is 11.6 Å². The summed E-state index contributed by atoms with van der Waals surface area (Å²) in [5, 5.41) is 14.7. The van der Waals surface area contributed by atoms with E-state index in [4.69, 9.17) is 0 Å². The van der Waals surface area contributed by atoms with Gasteiger partial charge in [-0.3, -0.25) is 0 Å². The zero-order valence-electron chi connectivity index (χ0n) is 13.7. The number of benzene rings is 2. The van der Waals surface area contributed by atoms with Gasteiger partial charge in [-0.05, 0) is 24.3 Å². The monoisotopic (exact) mass is 447 g/mol. The molecule has 3 rings (SSSR count). The average Bonchev–Trinajstić information content (AvgIpc) is 3.13. The second-order valence-corrected chi connectivity index (χ2v) is 7.01. The number of ether oxygens (including phenoxy) is 1. The van der Waals surface area contributed by atoms with Gasteiger partial charge in [0.2, 0.25) is 0 Å². The first kappa shape index (κ1) is 19.0. The number of anilines is 1. The lowest BCUT2D eigenvalue weighted by Gasteiger charge is -2.10. The Morgan fingerprint density at radius 3 is 2.81 bits per heavy atom. The number of nitrogens with one attached hydrogen (secondary N) is 1. The first-order chi connectivity index (χ1) is 13.1. The normalized spacial score (nSPS) is 11.3. The highest BCUT2D eigenvalue weighted by Crippen LogP contribution is 2.29. The smallest absolute Gasteiger partial charge is 0.387 e. The van der Waals surface area contributed by atoms with E-state index in [1.807, 2.05) is 29.6 Å². The number of thiazole rings is 1. The van der Waals surface area contributed by atoms with Gasteiger partial charge in [0.1, 0.15) is 22.4 Å². The number of nitriles is 1. The summed E-state index contributed by atoms with van der Waals surface area (Å²) in [6.45, 7) is -2.93. The highest BCUT2D eigenvalue weighted by atomic mass is 79.9. The van der Waals surface area contributed by atoms with Crippen molar-refractivity contribution in [2.75, 3.05) is 5.32 Å². The third-order valence-electron chi connectivity index (χ3n) is 3.45. The average molecular weight is 448 g/mol. The Balaban J connectivity index is 1.83. The van der Waals surface area contributed by atoms with Crippen LogP contribution >= 0.6 is 27.3 Å². The highest BCUT2D eigenvalue weighted by molar-refractivity contribution is 9.10. The molecular formula is C19H12BrF2N3OS. The zero-order valence-corrected chi connectivity index (χ0v) is 16.1. The van der Waals surface area contributed by atoms with E-state index in [0.717, 1.165) is 15.7 Å². The minimum absolute atomic E-state index is 0.00463. The maximum atomic E-state index is 12.5. The van der Waals surface area contributed by atoms with E-state index in [9.17, 15) is 14.0 Å². The number of rotatable bonds is 6. The molecule has 0 aliphatic heterocycles. The molecule has 0 saturated heterocycles. The van der Waals surface area contributed by atoms with E-state index in [1.54, 1.807) is 18.2 Å². The maximum absolute atomic E-state index is 12.5. The van der Waals surface area contributed by atoms with Crippen molar-refractivity contribution in [2.24, 2.45) is 0 Å². The molecule has 0 amide bonds. The van der Waals surface area contributed by atoms with Crippen LogP contribution in [0.2, 0.25) is 0 Å². The van der Waals surface area contributed by atoms with Crippen LogP contribution in [0.3, 0.4) is 0 Å². The Hall–Kier alpha value is -2.76. The summed E-state index contributed by atoms with van der Waals surface area (Å²) < 4.78 is 30.4. The molecule has 27 heavy (non-hydrogen) atoms. The third kappa shape index (κ3) is 4.90. The highest BCUT2D eigenvalue weighted by Gasteiger charge is 2.11. The summed E-state index contributed by atoms with van der Waals surface area (Å²) in [6, 6.07) is 16.0. The van der Waals surface area contributed by atoms with Crippen molar-refractivity contribution in [3.8, 4) is 23.1 Å². The van der Waals surface area contributed by atoms with Crippen molar-refractivity contribution >= 4 is 38.5 Å². The van der Waals surface area contributed by atoms with E-state index in [1.165, 1.54) is 23.6 Å². The van der Waals surface area contributed by atoms with Crippen LogP contribution < -0.4 is 10.1 Å². The fraction of sp³-hybridized carbons (Fsp3) is 0.0526. The molecule has 0 aliphatic carbocycles. The molecule has 4 nitrogen and oxygen atoms in total. The summed E-state index contributed by atoms with van der Waals surface area (Å²) in [7, 11) is 0. The van der Waals surface area contributed by atoms with Gasteiger partial charge in [0.15, 0.2) is 0 Å². The molecule has 8 heteroatoms. The van der Waals surface area contributed by atoms with Crippen LogP contribution in [0, 0.1) is 11.3 Å².